The van der Waals surface area contributed by atoms with E-state index >= 15 is 0 Å². The Kier molecular flexibility index (Phi) is 7.06. The van der Waals surface area contributed by atoms with Crippen molar-refractivity contribution in [2.45, 2.75) is 26.2 Å². The van der Waals surface area contributed by atoms with E-state index in [0.717, 1.165) is 19.3 Å². The summed E-state index contributed by atoms with van der Waals surface area (Å²) in [5, 5.41) is 2.83. The zero-order valence-corrected chi connectivity index (χ0v) is 14.4. The lowest BCUT2D eigenvalue weighted by atomic mass is 9.98. The first-order valence-electron chi connectivity index (χ1n) is 8.45. The van der Waals surface area contributed by atoms with Crippen LogP contribution < -0.4 is 10.1 Å². The van der Waals surface area contributed by atoms with Gasteiger partial charge in [0.15, 0.2) is 0 Å². The van der Waals surface area contributed by atoms with E-state index in [-0.39, 0.29) is 24.3 Å². The van der Waals surface area contributed by atoms with Gasteiger partial charge in [-0.05, 0) is 31.4 Å². The lowest BCUT2D eigenvalue weighted by Crippen LogP contribution is -2.43. The van der Waals surface area contributed by atoms with Crippen LogP contribution in [0.1, 0.15) is 26.2 Å². The minimum Gasteiger partial charge on any atom is -0.495 e. The zero-order chi connectivity index (χ0) is 17.4. The molecule has 2 amide bonds. The summed E-state index contributed by atoms with van der Waals surface area (Å²) >= 11 is 0. The molecule has 1 aliphatic heterocycles. The number of para-hydroxylation sites is 2. The van der Waals surface area contributed by atoms with E-state index in [0.29, 0.717) is 31.2 Å². The number of ether oxygens (including phenoxy) is 2. The predicted octanol–water partition coefficient (Wildman–Crippen LogP) is 2.30. The van der Waals surface area contributed by atoms with Crippen LogP contribution in [0.4, 0.5) is 5.69 Å². The number of carbonyl (C=O) groups excluding carboxylic acids is 2. The van der Waals surface area contributed by atoms with Crippen molar-refractivity contribution in [2.75, 3.05) is 38.7 Å². The highest BCUT2D eigenvalue weighted by Crippen LogP contribution is 2.23. The molecule has 1 heterocycles. The maximum Gasteiger partial charge on any atom is 0.244 e. The van der Waals surface area contributed by atoms with E-state index < -0.39 is 0 Å². The molecule has 0 radical (unpaired) electrons. The fourth-order valence-corrected chi connectivity index (χ4v) is 2.85. The molecule has 1 aromatic carbocycles. The van der Waals surface area contributed by atoms with Crippen LogP contribution in [0.3, 0.4) is 0 Å². The third-order valence-electron chi connectivity index (χ3n) is 4.09. The van der Waals surface area contributed by atoms with E-state index in [9.17, 15) is 9.59 Å². The van der Waals surface area contributed by atoms with Crippen LogP contribution in [-0.2, 0) is 14.3 Å². The van der Waals surface area contributed by atoms with Crippen molar-refractivity contribution in [3.05, 3.63) is 24.3 Å². The van der Waals surface area contributed by atoms with Crippen LogP contribution in [0, 0.1) is 5.92 Å². The largest absolute Gasteiger partial charge is 0.495 e. The van der Waals surface area contributed by atoms with Gasteiger partial charge in [0.1, 0.15) is 5.75 Å². The summed E-state index contributed by atoms with van der Waals surface area (Å²) in [5.41, 5.74) is 0.611. The fraction of sp³-hybridized carbons (Fsp3) is 0.556. The lowest BCUT2D eigenvalue weighted by molar-refractivity contribution is -0.141. The lowest BCUT2D eigenvalue weighted by Gasteiger charge is -2.28. The first-order valence-corrected chi connectivity index (χ1v) is 8.45. The van der Waals surface area contributed by atoms with Crippen molar-refractivity contribution < 1.29 is 19.1 Å². The number of methoxy groups -OCH3 is 1. The summed E-state index contributed by atoms with van der Waals surface area (Å²) < 4.78 is 10.5. The van der Waals surface area contributed by atoms with Gasteiger partial charge in [-0.1, -0.05) is 19.1 Å². The van der Waals surface area contributed by atoms with Crippen molar-refractivity contribution >= 4 is 17.5 Å². The molecular formula is C18H26N2O4. The van der Waals surface area contributed by atoms with E-state index in [1.165, 1.54) is 0 Å². The van der Waals surface area contributed by atoms with Crippen LogP contribution in [0.15, 0.2) is 24.3 Å². The molecule has 0 bridgehead atoms. The van der Waals surface area contributed by atoms with Gasteiger partial charge in [-0.3, -0.25) is 9.59 Å². The zero-order valence-electron chi connectivity index (χ0n) is 14.4. The van der Waals surface area contributed by atoms with Gasteiger partial charge >= 0.3 is 0 Å². The van der Waals surface area contributed by atoms with Crippen LogP contribution in [0.25, 0.3) is 0 Å². The number of nitrogens with one attached hydrogen (secondary N) is 1. The Hall–Kier alpha value is -2.08. The number of amides is 2. The highest BCUT2D eigenvalue weighted by molar-refractivity contribution is 5.96. The molecule has 0 atom stereocenters. The molecule has 24 heavy (non-hydrogen) atoms. The number of rotatable bonds is 7. The van der Waals surface area contributed by atoms with Gasteiger partial charge in [0, 0.05) is 25.7 Å². The molecule has 1 fully saturated rings. The first kappa shape index (κ1) is 18.3. The minimum atomic E-state index is -0.214. The Labute approximate surface area is 143 Å². The Morgan fingerprint density at radius 3 is 2.67 bits per heavy atom. The molecule has 1 aliphatic rings. The third kappa shape index (κ3) is 4.96. The van der Waals surface area contributed by atoms with Gasteiger partial charge in [0.25, 0.3) is 0 Å². The Morgan fingerprint density at radius 2 is 2.00 bits per heavy atom. The number of hydrogen-bond acceptors (Lipinski definition) is 4. The highest BCUT2D eigenvalue weighted by Gasteiger charge is 2.27. The van der Waals surface area contributed by atoms with Crippen molar-refractivity contribution in [2.24, 2.45) is 5.92 Å². The summed E-state index contributed by atoms with van der Waals surface area (Å²) in [6.45, 7) is 3.87. The maximum atomic E-state index is 12.7. The van der Waals surface area contributed by atoms with Crippen LogP contribution in [0.2, 0.25) is 0 Å². The Balaban J connectivity index is 1.98. The Morgan fingerprint density at radius 1 is 1.29 bits per heavy atom. The quantitative estimate of drug-likeness (QED) is 0.831. The normalized spacial score (nSPS) is 14.9. The van der Waals surface area contributed by atoms with E-state index in [1.54, 1.807) is 24.1 Å². The SMILES string of the molecule is CCCN(CC(=O)Nc1ccccc1OC)C(=O)C1CCOCC1. The maximum absolute atomic E-state index is 12.7. The fourth-order valence-electron chi connectivity index (χ4n) is 2.85. The number of hydrogen-bond donors (Lipinski definition) is 1. The van der Waals surface area contributed by atoms with Gasteiger partial charge in [0.2, 0.25) is 11.8 Å². The number of nitrogens with zero attached hydrogens (tertiary/aromatic N) is 1. The number of carbonyl (C=O) groups is 2. The van der Waals surface area contributed by atoms with Crippen molar-refractivity contribution in [1.29, 1.82) is 0 Å². The Bertz CT molecular complexity index is 556. The molecule has 0 aliphatic carbocycles. The molecule has 1 N–H and O–H groups in total. The molecule has 132 valence electrons. The average molecular weight is 334 g/mol. The smallest absolute Gasteiger partial charge is 0.244 e. The first-order chi connectivity index (χ1) is 11.7. The second-order valence-electron chi connectivity index (χ2n) is 5.89. The van der Waals surface area contributed by atoms with Gasteiger partial charge in [-0.2, -0.15) is 0 Å². The molecule has 0 unspecified atom stereocenters. The summed E-state index contributed by atoms with van der Waals surface area (Å²) in [6.07, 6.45) is 2.28. The summed E-state index contributed by atoms with van der Waals surface area (Å²) in [5.74, 6) is 0.400. The van der Waals surface area contributed by atoms with E-state index in [4.69, 9.17) is 9.47 Å². The summed E-state index contributed by atoms with van der Waals surface area (Å²) in [7, 11) is 1.56. The third-order valence-corrected chi connectivity index (χ3v) is 4.09. The molecule has 2 rings (SSSR count). The van der Waals surface area contributed by atoms with Crippen molar-refractivity contribution in [3.8, 4) is 5.75 Å². The molecule has 1 aromatic rings. The number of benzene rings is 1. The predicted molar refractivity (Wildman–Crippen MR) is 92.0 cm³/mol. The molecule has 1 saturated heterocycles. The molecule has 0 spiro atoms. The van der Waals surface area contributed by atoms with Gasteiger partial charge in [-0.15, -0.1) is 0 Å². The minimum absolute atomic E-state index is 0.0376. The summed E-state index contributed by atoms with van der Waals surface area (Å²) in [6, 6.07) is 7.23. The van der Waals surface area contributed by atoms with Crippen molar-refractivity contribution in [1.82, 2.24) is 4.90 Å². The van der Waals surface area contributed by atoms with Crippen LogP contribution >= 0.6 is 0 Å². The second-order valence-corrected chi connectivity index (χ2v) is 5.89. The highest BCUT2D eigenvalue weighted by atomic mass is 16.5. The van der Waals surface area contributed by atoms with Crippen LogP contribution in [0.5, 0.6) is 5.75 Å². The molecule has 0 aromatic heterocycles. The molecule has 6 heteroatoms. The molecule has 6 nitrogen and oxygen atoms in total. The van der Waals surface area contributed by atoms with Gasteiger partial charge in [0.05, 0.1) is 19.3 Å². The average Bonchev–Trinajstić information content (AvgIpc) is 2.62. The van der Waals surface area contributed by atoms with E-state index in [1.807, 2.05) is 19.1 Å². The van der Waals surface area contributed by atoms with Gasteiger partial charge < -0.3 is 19.7 Å². The van der Waals surface area contributed by atoms with Gasteiger partial charge in [-0.25, -0.2) is 0 Å². The topological polar surface area (TPSA) is 67.9 Å². The standard InChI is InChI=1S/C18H26N2O4/c1-3-10-20(18(22)14-8-11-24-12-9-14)13-17(21)19-15-6-4-5-7-16(15)23-2/h4-7,14H,3,8-13H2,1-2H3,(H,19,21). The summed E-state index contributed by atoms with van der Waals surface area (Å²) in [4.78, 5) is 26.7. The monoisotopic (exact) mass is 334 g/mol. The number of anilines is 1. The van der Waals surface area contributed by atoms with Crippen molar-refractivity contribution in [3.63, 3.8) is 0 Å². The molecule has 0 saturated carbocycles. The molecular weight excluding hydrogens is 308 g/mol. The van der Waals surface area contributed by atoms with Crippen LogP contribution in [-0.4, -0.2) is 50.1 Å². The van der Waals surface area contributed by atoms with E-state index in [2.05, 4.69) is 5.32 Å². The second kappa shape index (κ2) is 9.27.